The van der Waals surface area contributed by atoms with Crippen molar-refractivity contribution in [2.45, 2.75) is 0 Å². The van der Waals surface area contributed by atoms with E-state index in [1.54, 1.807) is 12.1 Å². The summed E-state index contributed by atoms with van der Waals surface area (Å²) in [5, 5.41) is 10.6. The Bertz CT molecular complexity index is 1040. The molecule has 0 spiro atoms. The fourth-order valence-corrected chi connectivity index (χ4v) is 2.52. The normalized spacial score (nSPS) is 10.7. The third-order valence-electron chi connectivity index (χ3n) is 3.76. The molecule has 0 saturated heterocycles. The Labute approximate surface area is 141 Å². The maximum atomic E-state index is 13.2. The summed E-state index contributed by atoms with van der Waals surface area (Å²) >= 11 is 0. The minimum absolute atomic E-state index is 0.286. The average Bonchev–Trinajstić information content (AvgIpc) is 2.59. The highest BCUT2D eigenvalue weighted by molar-refractivity contribution is 5.99. The van der Waals surface area contributed by atoms with E-state index in [-0.39, 0.29) is 5.39 Å². The summed E-state index contributed by atoms with van der Waals surface area (Å²) in [6.07, 6.45) is 0. The van der Waals surface area contributed by atoms with Crippen LogP contribution in [-0.4, -0.2) is 22.8 Å². The van der Waals surface area contributed by atoms with Crippen molar-refractivity contribution < 1.29 is 23.8 Å². The first-order valence-corrected chi connectivity index (χ1v) is 7.30. The number of benzene rings is 2. The van der Waals surface area contributed by atoms with E-state index < -0.39 is 28.7 Å². The van der Waals surface area contributed by atoms with Gasteiger partial charge >= 0.3 is 5.97 Å². The molecule has 0 bridgehead atoms. The van der Waals surface area contributed by atoms with E-state index in [9.17, 15) is 19.1 Å². The molecule has 3 aromatic rings. The Morgan fingerprint density at radius 2 is 1.88 bits per heavy atom. The lowest BCUT2D eigenvalue weighted by molar-refractivity contribution is 0.0595. The highest BCUT2D eigenvalue weighted by Gasteiger charge is 2.22. The number of halogens is 1. The van der Waals surface area contributed by atoms with Gasteiger partial charge in [0.1, 0.15) is 23.1 Å². The molecule has 0 fully saturated rings. The Kier molecular flexibility index (Phi) is 4.14. The number of aromatic nitrogens is 1. The molecule has 0 atom stereocenters. The van der Waals surface area contributed by atoms with Gasteiger partial charge in [0.15, 0.2) is 5.56 Å². The molecular formula is C18H14FNO5. The fourth-order valence-electron chi connectivity index (χ4n) is 2.52. The Hall–Kier alpha value is -3.35. The van der Waals surface area contributed by atoms with Crippen LogP contribution >= 0.6 is 0 Å². The van der Waals surface area contributed by atoms with E-state index in [0.29, 0.717) is 17.0 Å². The molecule has 0 aliphatic rings. The van der Waals surface area contributed by atoms with Gasteiger partial charge in [-0.15, -0.1) is 0 Å². The predicted molar refractivity (Wildman–Crippen MR) is 88.7 cm³/mol. The maximum Gasteiger partial charge on any atom is 0.347 e. The van der Waals surface area contributed by atoms with Crippen molar-refractivity contribution in [3.05, 3.63) is 64.2 Å². The lowest BCUT2D eigenvalue weighted by Crippen LogP contribution is -2.25. The Balaban J connectivity index is 2.14. The summed E-state index contributed by atoms with van der Waals surface area (Å²) in [5.41, 5.74) is -0.778. The van der Waals surface area contributed by atoms with Crippen molar-refractivity contribution in [3.8, 4) is 17.2 Å². The highest BCUT2D eigenvalue weighted by Crippen LogP contribution is 2.31. The molecule has 0 aliphatic carbocycles. The Morgan fingerprint density at radius 3 is 2.56 bits per heavy atom. The number of hydrogen-bond acceptors (Lipinski definition) is 5. The van der Waals surface area contributed by atoms with Gasteiger partial charge in [-0.1, -0.05) is 6.07 Å². The third-order valence-corrected chi connectivity index (χ3v) is 3.76. The molecule has 3 rings (SSSR count). The SMILES string of the molecule is COC(=O)c1c(O)c2ccc(Oc3cccc(F)c3)cc2n(C)c1=O. The van der Waals surface area contributed by atoms with Crippen LogP contribution in [0.15, 0.2) is 47.3 Å². The first-order chi connectivity index (χ1) is 11.9. The van der Waals surface area contributed by atoms with Gasteiger partial charge in [0.2, 0.25) is 0 Å². The molecule has 2 aromatic carbocycles. The van der Waals surface area contributed by atoms with Crippen molar-refractivity contribution in [2.24, 2.45) is 7.05 Å². The predicted octanol–water partition coefficient (Wildman–Crippen LogP) is 2.96. The van der Waals surface area contributed by atoms with E-state index >= 15 is 0 Å². The van der Waals surface area contributed by atoms with Crippen LogP contribution in [0.4, 0.5) is 4.39 Å². The quantitative estimate of drug-likeness (QED) is 0.740. The largest absolute Gasteiger partial charge is 0.506 e. The zero-order valence-corrected chi connectivity index (χ0v) is 13.4. The second-order valence-electron chi connectivity index (χ2n) is 5.32. The number of carbonyl (C=O) groups excluding carboxylic acids is 1. The van der Waals surface area contributed by atoms with Crippen LogP contribution in [0.25, 0.3) is 10.9 Å². The second-order valence-corrected chi connectivity index (χ2v) is 5.32. The number of esters is 1. The van der Waals surface area contributed by atoms with Crippen molar-refractivity contribution in [1.82, 2.24) is 4.57 Å². The van der Waals surface area contributed by atoms with Gasteiger partial charge in [-0.3, -0.25) is 4.79 Å². The molecule has 0 saturated carbocycles. The van der Waals surface area contributed by atoms with Gasteiger partial charge in [0.05, 0.1) is 12.6 Å². The molecule has 25 heavy (non-hydrogen) atoms. The molecule has 128 valence electrons. The number of hydrogen-bond donors (Lipinski definition) is 1. The average molecular weight is 343 g/mol. The second kappa shape index (κ2) is 6.27. The van der Waals surface area contributed by atoms with E-state index in [4.69, 9.17) is 4.74 Å². The van der Waals surface area contributed by atoms with Gasteiger partial charge in [-0.05, 0) is 24.3 Å². The summed E-state index contributed by atoms with van der Waals surface area (Å²) < 4.78 is 24.6. The number of methoxy groups -OCH3 is 1. The molecule has 6 nitrogen and oxygen atoms in total. The number of fused-ring (bicyclic) bond motifs is 1. The number of pyridine rings is 1. The van der Waals surface area contributed by atoms with E-state index in [1.807, 2.05) is 0 Å². The molecule has 7 heteroatoms. The zero-order chi connectivity index (χ0) is 18.1. The van der Waals surface area contributed by atoms with E-state index in [1.165, 1.54) is 41.9 Å². The van der Waals surface area contributed by atoms with Gasteiger partial charge in [-0.25, -0.2) is 9.18 Å². The number of rotatable bonds is 3. The molecule has 0 radical (unpaired) electrons. The zero-order valence-electron chi connectivity index (χ0n) is 13.4. The lowest BCUT2D eigenvalue weighted by Gasteiger charge is -2.12. The first-order valence-electron chi connectivity index (χ1n) is 7.30. The van der Waals surface area contributed by atoms with Crippen LogP contribution in [0.3, 0.4) is 0 Å². The van der Waals surface area contributed by atoms with Gasteiger partial charge in [-0.2, -0.15) is 0 Å². The van der Waals surface area contributed by atoms with Crippen LogP contribution < -0.4 is 10.3 Å². The highest BCUT2D eigenvalue weighted by atomic mass is 19.1. The van der Waals surface area contributed by atoms with Crippen LogP contribution in [0, 0.1) is 5.82 Å². The molecule has 0 unspecified atom stereocenters. The molecule has 1 heterocycles. The van der Waals surface area contributed by atoms with Gasteiger partial charge in [0, 0.05) is 24.6 Å². The standard InChI is InChI=1S/C18H14FNO5/c1-20-14-9-12(25-11-5-3-4-10(19)8-11)6-7-13(14)16(21)15(17(20)22)18(23)24-2/h3-9,21H,1-2H3. The smallest absolute Gasteiger partial charge is 0.347 e. The van der Waals surface area contributed by atoms with Gasteiger partial charge < -0.3 is 19.1 Å². The summed E-state index contributed by atoms with van der Waals surface area (Å²) in [4.78, 5) is 24.1. The fraction of sp³-hybridized carbons (Fsp3) is 0.111. The summed E-state index contributed by atoms with van der Waals surface area (Å²) in [6.45, 7) is 0. The number of nitrogens with zero attached hydrogens (tertiary/aromatic N) is 1. The summed E-state index contributed by atoms with van der Waals surface area (Å²) in [7, 11) is 2.59. The number of ether oxygens (including phenoxy) is 2. The summed E-state index contributed by atoms with van der Waals surface area (Å²) in [5.74, 6) is -1.17. The van der Waals surface area contributed by atoms with Crippen LogP contribution in [0.5, 0.6) is 17.2 Å². The van der Waals surface area contributed by atoms with Crippen molar-refractivity contribution in [3.63, 3.8) is 0 Å². The van der Waals surface area contributed by atoms with Gasteiger partial charge in [0.25, 0.3) is 5.56 Å². The van der Waals surface area contributed by atoms with Crippen molar-refractivity contribution in [1.29, 1.82) is 0 Å². The first kappa shape index (κ1) is 16.5. The Morgan fingerprint density at radius 1 is 1.16 bits per heavy atom. The number of carbonyl (C=O) groups is 1. The molecule has 1 aromatic heterocycles. The molecule has 0 amide bonds. The maximum absolute atomic E-state index is 13.2. The monoisotopic (exact) mass is 343 g/mol. The minimum Gasteiger partial charge on any atom is -0.506 e. The van der Waals surface area contributed by atoms with Crippen LogP contribution in [0.1, 0.15) is 10.4 Å². The van der Waals surface area contributed by atoms with E-state index in [0.717, 1.165) is 7.11 Å². The van der Waals surface area contributed by atoms with Crippen molar-refractivity contribution >= 4 is 16.9 Å². The minimum atomic E-state index is -0.917. The third kappa shape index (κ3) is 2.91. The topological polar surface area (TPSA) is 77.8 Å². The van der Waals surface area contributed by atoms with Crippen LogP contribution in [0.2, 0.25) is 0 Å². The number of aryl methyl sites for hydroxylation is 1. The van der Waals surface area contributed by atoms with E-state index in [2.05, 4.69) is 4.74 Å². The molecule has 1 N–H and O–H groups in total. The molecule has 0 aliphatic heterocycles. The summed E-state index contributed by atoms with van der Waals surface area (Å²) in [6, 6.07) is 10.2. The van der Waals surface area contributed by atoms with Crippen LogP contribution in [-0.2, 0) is 11.8 Å². The lowest BCUT2D eigenvalue weighted by atomic mass is 10.1. The molecular weight excluding hydrogens is 329 g/mol. The van der Waals surface area contributed by atoms with Crippen molar-refractivity contribution in [2.75, 3.05) is 7.11 Å². The number of aromatic hydroxyl groups is 1.